The van der Waals surface area contributed by atoms with E-state index >= 15 is 0 Å². The fourth-order valence-electron chi connectivity index (χ4n) is 2.39. The van der Waals surface area contributed by atoms with Crippen molar-refractivity contribution in [3.63, 3.8) is 0 Å². The average Bonchev–Trinajstić information content (AvgIpc) is 3.05. The second-order valence-corrected chi connectivity index (χ2v) is 7.17. The number of carbonyl (C=O) groups excluding carboxylic acids is 1. The summed E-state index contributed by atoms with van der Waals surface area (Å²) in [5, 5.41) is 2.05. The third kappa shape index (κ3) is 5.63. The highest BCUT2D eigenvalue weighted by Crippen LogP contribution is 2.28. The van der Waals surface area contributed by atoms with Crippen LogP contribution in [0.5, 0.6) is 11.5 Å². The van der Waals surface area contributed by atoms with Crippen LogP contribution in [0.3, 0.4) is 0 Å². The number of benzene rings is 1. The Balaban J connectivity index is 1.99. The van der Waals surface area contributed by atoms with Crippen LogP contribution < -0.4 is 9.47 Å². The number of thiophene rings is 1. The van der Waals surface area contributed by atoms with Gasteiger partial charge in [0, 0.05) is 18.0 Å². The summed E-state index contributed by atoms with van der Waals surface area (Å²) in [6.45, 7) is 5.49. The maximum absolute atomic E-state index is 12.3. The Morgan fingerprint density at radius 1 is 1.27 bits per heavy atom. The summed E-state index contributed by atoms with van der Waals surface area (Å²) in [4.78, 5) is 15.3. The lowest BCUT2D eigenvalue weighted by atomic mass is 10.2. The minimum atomic E-state index is -0.0277. The average molecular weight is 374 g/mol. The zero-order valence-corrected chi connectivity index (χ0v) is 16.8. The zero-order chi connectivity index (χ0) is 18.9. The van der Waals surface area contributed by atoms with E-state index < -0.39 is 0 Å². The molecular formula is C21H27NO3S. The molecule has 0 aliphatic rings. The van der Waals surface area contributed by atoms with E-state index in [4.69, 9.17) is 9.47 Å². The lowest BCUT2D eigenvalue weighted by Crippen LogP contribution is -2.23. The van der Waals surface area contributed by atoms with E-state index in [-0.39, 0.29) is 5.91 Å². The number of unbranched alkanes of at least 4 members (excludes halogenated alkanes) is 1. The second-order valence-electron chi connectivity index (χ2n) is 6.17. The summed E-state index contributed by atoms with van der Waals surface area (Å²) >= 11 is 1.68. The van der Waals surface area contributed by atoms with Gasteiger partial charge < -0.3 is 14.4 Å². The number of rotatable bonds is 9. The molecule has 0 bridgehead atoms. The van der Waals surface area contributed by atoms with Crippen molar-refractivity contribution in [2.75, 3.05) is 20.8 Å². The standard InChI is InChI=1S/C21H27NO3S/c1-5-6-12-25-18-9-7-17(14-19(18)24-4)8-10-21(23)22(3)15-20-16(2)11-13-26-20/h7-11,13-14H,5-6,12,15H2,1-4H3/b10-8+. The Morgan fingerprint density at radius 2 is 2.08 bits per heavy atom. The Hall–Kier alpha value is -2.27. The number of methoxy groups -OCH3 is 1. The molecule has 1 heterocycles. The molecule has 0 fully saturated rings. The SMILES string of the molecule is CCCCOc1ccc(/C=C/C(=O)N(C)Cc2sccc2C)cc1OC. The molecule has 0 saturated carbocycles. The summed E-state index contributed by atoms with van der Waals surface area (Å²) in [6.07, 6.45) is 5.49. The maximum atomic E-state index is 12.3. The van der Waals surface area contributed by atoms with Gasteiger partial charge in [-0.3, -0.25) is 4.79 Å². The summed E-state index contributed by atoms with van der Waals surface area (Å²) < 4.78 is 11.1. The van der Waals surface area contributed by atoms with Gasteiger partial charge in [0.2, 0.25) is 5.91 Å². The van der Waals surface area contributed by atoms with Gasteiger partial charge in [-0.2, -0.15) is 0 Å². The third-order valence-corrected chi connectivity index (χ3v) is 5.09. The molecule has 140 valence electrons. The highest BCUT2D eigenvalue weighted by molar-refractivity contribution is 7.10. The van der Waals surface area contributed by atoms with Gasteiger partial charge in [0.15, 0.2) is 11.5 Å². The van der Waals surface area contributed by atoms with E-state index in [1.165, 1.54) is 10.4 Å². The molecule has 1 amide bonds. The summed E-state index contributed by atoms with van der Waals surface area (Å²) in [5.41, 5.74) is 2.13. The molecular weight excluding hydrogens is 346 g/mol. The van der Waals surface area contributed by atoms with Gasteiger partial charge in [-0.1, -0.05) is 19.4 Å². The largest absolute Gasteiger partial charge is 0.493 e. The molecule has 0 saturated heterocycles. The highest BCUT2D eigenvalue weighted by Gasteiger charge is 2.09. The highest BCUT2D eigenvalue weighted by atomic mass is 32.1. The Kier molecular flexibility index (Phi) is 7.73. The van der Waals surface area contributed by atoms with Crippen LogP contribution in [0.25, 0.3) is 6.08 Å². The van der Waals surface area contributed by atoms with E-state index in [2.05, 4.69) is 25.3 Å². The number of aryl methyl sites for hydroxylation is 1. The van der Waals surface area contributed by atoms with Gasteiger partial charge in [-0.15, -0.1) is 11.3 Å². The topological polar surface area (TPSA) is 38.8 Å². The van der Waals surface area contributed by atoms with E-state index in [0.717, 1.165) is 24.2 Å². The van der Waals surface area contributed by atoms with Crippen LogP contribution >= 0.6 is 11.3 Å². The van der Waals surface area contributed by atoms with Crippen LogP contribution in [0.2, 0.25) is 0 Å². The van der Waals surface area contributed by atoms with E-state index in [9.17, 15) is 4.79 Å². The van der Waals surface area contributed by atoms with Crippen molar-refractivity contribution in [2.45, 2.75) is 33.2 Å². The summed E-state index contributed by atoms with van der Waals surface area (Å²) in [7, 11) is 3.44. The molecule has 5 heteroatoms. The first-order chi connectivity index (χ1) is 12.5. The zero-order valence-electron chi connectivity index (χ0n) is 16.0. The minimum absolute atomic E-state index is 0.0277. The Morgan fingerprint density at radius 3 is 2.73 bits per heavy atom. The van der Waals surface area contributed by atoms with Crippen LogP contribution in [-0.2, 0) is 11.3 Å². The number of likely N-dealkylation sites (N-methyl/N-ethyl adjacent to an activating group) is 1. The monoisotopic (exact) mass is 373 g/mol. The molecule has 2 rings (SSSR count). The van der Waals surface area contributed by atoms with E-state index in [1.54, 1.807) is 35.5 Å². The number of hydrogen-bond donors (Lipinski definition) is 0. The normalized spacial score (nSPS) is 10.9. The van der Waals surface area contributed by atoms with Crippen molar-refractivity contribution in [3.8, 4) is 11.5 Å². The summed E-state index contributed by atoms with van der Waals surface area (Å²) in [5.74, 6) is 1.38. The van der Waals surface area contributed by atoms with Gasteiger partial charge in [-0.25, -0.2) is 0 Å². The predicted molar refractivity (Wildman–Crippen MR) is 108 cm³/mol. The van der Waals surface area contributed by atoms with Crippen LogP contribution in [0.1, 0.15) is 35.8 Å². The molecule has 1 aromatic heterocycles. The molecule has 0 radical (unpaired) electrons. The molecule has 0 spiro atoms. The first kappa shape index (κ1) is 20.0. The van der Waals surface area contributed by atoms with Crippen molar-refractivity contribution in [1.29, 1.82) is 0 Å². The number of amides is 1. The molecule has 2 aromatic rings. The van der Waals surface area contributed by atoms with Crippen molar-refractivity contribution >= 4 is 23.3 Å². The van der Waals surface area contributed by atoms with Crippen LogP contribution in [0.4, 0.5) is 0 Å². The van der Waals surface area contributed by atoms with Crippen molar-refractivity contribution in [3.05, 3.63) is 51.7 Å². The lowest BCUT2D eigenvalue weighted by molar-refractivity contribution is -0.125. The molecule has 4 nitrogen and oxygen atoms in total. The van der Waals surface area contributed by atoms with E-state index in [1.807, 2.05) is 25.2 Å². The maximum Gasteiger partial charge on any atom is 0.246 e. The Bertz CT molecular complexity index is 751. The van der Waals surface area contributed by atoms with Crippen LogP contribution in [0.15, 0.2) is 35.7 Å². The van der Waals surface area contributed by atoms with Crippen LogP contribution in [0, 0.1) is 6.92 Å². The van der Waals surface area contributed by atoms with Crippen LogP contribution in [-0.4, -0.2) is 31.6 Å². The molecule has 26 heavy (non-hydrogen) atoms. The lowest BCUT2D eigenvalue weighted by Gasteiger charge is -2.14. The van der Waals surface area contributed by atoms with Crippen molar-refractivity contribution in [2.24, 2.45) is 0 Å². The molecule has 0 aliphatic heterocycles. The smallest absolute Gasteiger partial charge is 0.246 e. The first-order valence-corrected chi connectivity index (χ1v) is 9.70. The van der Waals surface area contributed by atoms with Gasteiger partial charge in [0.05, 0.1) is 20.3 Å². The van der Waals surface area contributed by atoms with Crippen molar-refractivity contribution < 1.29 is 14.3 Å². The Labute approximate surface area is 160 Å². The second kappa shape index (κ2) is 10.0. The molecule has 0 unspecified atom stereocenters. The first-order valence-electron chi connectivity index (χ1n) is 8.82. The van der Waals surface area contributed by atoms with Gasteiger partial charge in [0.25, 0.3) is 0 Å². The molecule has 1 aromatic carbocycles. The van der Waals surface area contributed by atoms with E-state index in [0.29, 0.717) is 18.9 Å². The fraction of sp³-hybridized carbons (Fsp3) is 0.381. The molecule has 0 aliphatic carbocycles. The van der Waals surface area contributed by atoms with Gasteiger partial charge >= 0.3 is 0 Å². The quantitative estimate of drug-likeness (QED) is 0.463. The number of ether oxygens (including phenoxy) is 2. The number of nitrogens with zero attached hydrogens (tertiary/aromatic N) is 1. The van der Waals surface area contributed by atoms with Gasteiger partial charge in [0.1, 0.15) is 0 Å². The van der Waals surface area contributed by atoms with Crippen molar-refractivity contribution in [1.82, 2.24) is 4.90 Å². The predicted octanol–water partition coefficient (Wildman–Crippen LogP) is 4.92. The third-order valence-electron chi connectivity index (χ3n) is 4.09. The molecule has 0 N–H and O–H groups in total. The molecule has 0 atom stereocenters. The minimum Gasteiger partial charge on any atom is -0.493 e. The number of carbonyl (C=O) groups is 1. The summed E-state index contributed by atoms with van der Waals surface area (Å²) in [6, 6.07) is 7.77. The fourth-order valence-corrected chi connectivity index (χ4v) is 3.35. The number of hydrogen-bond acceptors (Lipinski definition) is 4. The van der Waals surface area contributed by atoms with Gasteiger partial charge in [-0.05, 0) is 54.1 Å².